The Bertz CT molecular complexity index is 1120. The summed E-state index contributed by atoms with van der Waals surface area (Å²) in [5.74, 6) is 0.735. The fourth-order valence-electron chi connectivity index (χ4n) is 6.90. The average molecular weight is 598 g/mol. The Morgan fingerprint density at radius 1 is 1.07 bits per heavy atom. The lowest BCUT2D eigenvalue weighted by atomic mass is 9.61. The molecule has 1 saturated heterocycles. The van der Waals surface area contributed by atoms with E-state index in [9.17, 15) is 14.4 Å². The van der Waals surface area contributed by atoms with Gasteiger partial charge in [-0.3, -0.25) is 9.59 Å². The lowest BCUT2D eigenvalue weighted by Crippen LogP contribution is -2.56. The van der Waals surface area contributed by atoms with Crippen LogP contribution in [0.3, 0.4) is 0 Å². The third-order valence-electron chi connectivity index (χ3n) is 9.29. The molecule has 1 aromatic heterocycles. The number of H-pyrrole nitrogens is 1. The minimum atomic E-state index is -0.695. The van der Waals surface area contributed by atoms with Crippen molar-refractivity contribution in [3.05, 3.63) is 53.1 Å². The number of unbranched alkanes of at least 4 members (excludes halogenated alkanes) is 2. The molecule has 1 aromatic carbocycles. The van der Waals surface area contributed by atoms with Crippen LogP contribution in [0.15, 0.2) is 36.8 Å². The van der Waals surface area contributed by atoms with Gasteiger partial charge in [0, 0.05) is 49.1 Å². The van der Waals surface area contributed by atoms with Gasteiger partial charge in [-0.1, -0.05) is 56.3 Å². The number of hydrogen-bond acceptors (Lipinski definition) is 4. The summed E-state index contributed by atoms with van der Waals surface area (Å²) >= 11 is 6.09. The second-order valence-electron chi connectivity index (χ2n) is 12.1. The second kappa shape index (κ2) is 16.1. The maximum absolute atomic E-state index is 13.9. The number of hydrogen-bond donors (Lipinski definition) is 3. The Morgan fingerprint density at radius 2 is 1.81 bits per heavy atom. The van der Waals surface area contributed by atoms with Crippen molar-refractivity contribution in [3.8, 4) is 0 Å². The summed E-state index contributed by atoms with van der Waals surface area (Å²) in [4.78, 5) is 49.3. The number of amides is 3. The molecule has 3 amide bonds. The van der Waals surface area contributed by atoms with Gasteiger partial charge in [0.25, 0.3) is 0 Å². The summed E-state index contributed by atoms with van der Waals surface area (Å²) in [5, 5.41) is 6.53. The van der Waals surface area contributed by atoms with Crippen molar-refractivity contribution in [2.45, 2.75) is 103 Å². The standard InChI is InChI=1S/C33H48ClN5O3/c1-2-9-30(40)33(26-10-5-3-6-11-26)17-20-39(21-18-33)31(41)29(22-25-13-15-27(34)16-14-25)38-32(42)36-19-8-4-7-12-28-23-35-24-37-28/h13-16,23-24,26,29H,2-12,17-22H2,1H3,(H,35,37)(H2,36,38,42)/t29-/m1/s1. The Hall–Kier alpha value is -2.87. The molecule has 1 atom stereocenters. The van der Waals surface area contributed by atoms with Crippen molar-refractivity contribution in [2.24, 2.45) is 11.3 Å². The second-order valence-corrected chi connectivity index (χ2v) is 12.6. The number of aromatic amines is 1. The highest BCUT2D eigenvalue weighted by Gasteiger charge is 2.47. The van der Waals surface area contributed by atoms with Gasteiger partial charge in [0.2, 0.25) is 5.91 Å². The van der Waals surface area contributed by atoms with E-state index >= 15 is 0 Å². The number of aryl methyl sites for hydroxylation is 1. The summed E-state index contributed by atoms with van der Waals surface area (Å²) < 4.78 is 0. The molecular weight excluding hydrogens is 550 g/mol. The fraction of sp³-hybridized carbons (Fsp3) is 0.636. The van der Waals surface area contributed by atoms with E-state index in [0.29, 0.717) is 49.2 Å². The van der Waals surface area contributed by atoms with Crippen LogP contribution in [0.5, 0.6) is 0 Å². The number of carbonyl (C=O) groups is 3. The largest absolute Gasteiger partial charge is 0.351 e. The molecule has 42 heavy (non-hydrogen) atoms. The number of likely N-dealkylation sites (tertiary alicyclic amines) is 1. The molecule has 0 unspecified atom stereocenters. The monoisotopic (exact) mass is 597 g/mol. The topological polar surface area (TPSA) is 107 Å². The van der Waals surface area contributed by atoms with Crippen LogP contribution in [-0.2, 0) is 22.4 Å². The normalized spacial score (nSPS) is 17.9. The molecule has 230 valence electrons. The number of rotatable bonds is 14. The van der Waals surface area contributed by atoms with Crippen LogP contribution in [0.1, 0.15) is 95.2 Å². The predicted octanol–water partition coefficient (Wildman–Crippen LogP) is 6.24. The number of piperidine rings is 1. The SMILES string of the molecule is CCCC(=O)C1(C2CCCCC2)CCN(C(=O)[C@@H](Cc2ccc(Cl)cc2)NC(=O)NCCCCCc2c[nH]cn2)CC1. The van der Waals surface area contributed by atoms with E-state index in [-0.39, 0.29) is 17.4 Å². The van der Waals surface area contributed by atoms with E-state index in [1.165, 1.54) is 19.3 Å². The molecule has 0 radical (unpaired) electrons. The van der Waals surface area contributed by atoms with Crippen molar-refractivity contribution in [3.63, 3.8) is 0 Å². The fourth-order valence-corrected chi connectivity index (χ4v) is 7.02. The van der Waals surface area contributed by atoms with Crippen LogP contribution < -0.4 is 10.6 Å². The number of imidazole rings is 1. The molecule has 8 nitrogen and oxygen atoms in total. The maximum Gasteiger partial charge on any atom is 0.315 e. The summed E-state index contributed by atoms with van der Waals surface area (Å²) in [6, 6.07) is 6.38. The highest BCUT2D eigenvalue weighted by atomic mass is 35.5. The van der Waals surface area contributed by atoms with Gasteiger partial charge in [-0.15, -0.1) is 0 Å². The molecule has 1 aliphatic carbocycles. The van der Waals surface area contributed by atoms with E-state index < -0.39 is 6.04 Å². The van der Waals surface area contributed by atoms with Crippen LogP contribution >= 0.6 is 11.6 Å². The number of nitrogens with one attached hydrogen (secondary N) is 3. The average Bonchev–Trinajstić information content (AvgIpc) is 3.53. The number of halogens is 1. The van der Waals surface area contributed by atoms with Gasteiger partial charge >= 0.3 is 6.03 Å². The minimum absolute atomic E-state index is 0.0840. The maximum atomic E-state index is 13.9. The highest BCUT2D eigenvalue weighted by Crippen LogP contribution is 2.47. The Labute approximate surface area is 255 Å². The summed E-state index contributed by atoms with van der Waals surface area (Å²) in [5.41, 5.74) is 1.68. The molecular formula is C33H48ClN5O3. The molecule has 4 rings (SSSR count). The van der Waals surface area contributed by atoms with E-state index in [4.69, 9.17) is 11.6 Å². The summed E-state index contributed by atoms with van der Waals surface area (Å²) in [6.07, 6.45) is 16.5. The first kappa shape index (κ1) is 32.1. The lowest BCUT2D eigenvalue weighted by molar-refractivity contribution is -0.144. The third kappa shape index (κ3) is 8.82. The molecule has 2 fully saturated rings. The zero-order valence-electron chi connectivity index (χ0n) is 25.1. The van der Waals surface area contributed by atoms with Crippen LogP contribution in [0.25, 0.3) is 0 Å². The van der Waals surface area contributed by atoms with E-state index in [2.05, 4.69) is 27.5 Å². The zero-order chi connectivity index (χ0) is 29.8. The number of carbonyl (C=O) groups excluding carboxylic acids is 3. The van der Waals surface area contributed by atoms with Crippen molar-refractivity contribution < 1.29 is 14.4 Å². The highest BCUT2D eigenvalue weighted by molar-refractivity contribution is 6.30. The Kier molecular flexibility index (Phi) is 12.3. The van der Waals surface area contributed by atoms with E-state index in [0.717, 1.165) is 69.0 Å². The van der Waals surface area contributed by atoms with Crippen LogP contribution in [-0.4, -0.2) is 58.3 Å². The first-order chi connectivity index (χ1) is 20.4. The van der Waals surface area contributed by atoms with Gasteiger partial charge in [-0.25, -0.2) is 9.78 Å². The molecule has 0 spiro atoms. The van der Waals surface area contributed by atoms with Crippen molar-refractivity contribution in [2.75, 3.05) is 19.6 Å². The van der Waals surface area contributed by atoms with Gasteiger partial charge in [-0.2, -0.15) is 0 Å². The number of urea groups is 1. The van der Waals surface area contributed by atoms with Gasteiger partial charge < -0.3 is 20.5 Å². The number of aromatic nitrogens is 2. The van der Waals surface area contributed by atoms with Gasteiger partial charge in [0.1, 0.15) is 11.8 Å². The molecule has 9 heteroatoms. The lowest BCUT2D eigenvalue weighted by Gasteiger charge is -2.47. The number of ketones is 1. The Morgan fingerprint density at radius 3 is 2.48 bits per heavy atom. The van der Waals surface area contributed by atoms with Crippen LogP contribution in [0, 0.1) is 11.3 Å². The zero-order valence-corrected chi connectivity index (χ0v) is 25.9. The molecule has 2 aromatic rings. The molecule has 2 aliphatic rings. The molecule has 2 heterocycles. The van der Waals surface area contributed by atoms with E-state index in [1.807, 2.05) is 23.2 Å². The number of benzene rings is 1. The Balaban J connectivity index is 1.34. The third-order valence-corrected chi connectivity index (χ3v) is 9.54. The van der Waals surface area contributed by atoms with Gasteiger partial charge in [0.05, 0.1) is 12.0 Å². The van der Waals surface area contributed by atoms with E-state index in [1.54, 1.807) is 18.5 Å². The summed E-state index contributed by atoms with van der Waals surface area (Å²) in [6.45, 7) is 3.73. The molecule has 1 aliphatic heterocycles. The van der Waals surface area contributed by atoms with Crippen molar-refractivity contribution in [1.29, 1.82) is 0 Å². The smallest absolute Gasteiger partial charge is 0.315 e. The summed E-state index contributed by atoms with van der Waals surface area (Å²) in [7, 11) is 0. The first-order valence-corrected chi connectivity index (χ1v) is 16.4. The minimum Gasteiger partial charge on any atom is -0.351 e. The van der Waals surface area contributed by atoms with Crippen molar-refractivity contribution in [1.82, 2.24) is 25.5 Å². The first-order valence-electron chi connectivity index (χ1n) is 16.0. The number of nitrogens with zero attached hydrogens (tertiary/aromatic N) is 2. The quantitative estimate of drug-likeness (QED) is 0.224. The molecule has 1 saturated carbocycles. The van der Waals surface area contributed by atoms with Gasteiger partial charge in [0.15, 0.2) is 0 Å². The van der Waals surface area contributed by atoms with Gasteiger partial charge in [-0.05, 0) is 75.0 Å². The van der Waals surface area contributed by atoms with Crippen LogP contribution in [0.2, 0.25) is 5.02 Å². The number of Topliss-reactive ketones (excluding diaryl/α,β-unsaturated/α-hetero) is 1. The molecule has 0 bridgehead atoms. The van der Waals surface area contributed by atoms with Crippen molar-refractivity contribution >= 4 is 29.3 Å². The van der Waals surface area contributed by atoms with Crippen LogP contribution in [0.4, 0.5) is 4.79 Å². The predicted molar refractivity (Wildman–Crippen MR) is 166 cm³/mol. The molecule has 3 N–H and O–H groups in total.